The van der Waals surface area contributed by atoms with Gasteiger partial charge in [0.2, 0.25) is 0 Å². The van der Waals surface area contributed by atoms with Crippen LogP contribution in [-0.2, 0) is 6.54 Å². The Morgan fingerprint density at radius 1 is 1.10 bits per heavy atom. The number of ether oxygens (including phenoxy) is 1. The average Bonchev–Trinajstić information content (AvgIpc) is 3.41. The fraction of sp³-hybridized carbons (Fsp3) is 0.323. The number of pyridine rings is 1. The predicted molar refractivity (Wildman–Crippen MR) is 153 cm³/mol. The van der Waals surface area contributed by atoms with Gasteiger partial charge in [-0.15, -0.1) is 0 Å². The first kappa shape index (κ1) is 26.4. The lowest BCUT2D eigenvalue weighted by molar-refractivity contribution is 0.0950. The number of rotatable bonds is 9. The van der Waals surface area contributed by atoms with Crippen LogP contribution in [0.4, 0.5) is 11.5 Å². The van der Waals surface area contributed by atoms with Gasteiger partial charge in [0, 0.05) is 30.6 Å². The molecule has 39 heavy (non-hydrogen) atoms. The first-order chi connectivity index (χ1) is 18.9. The number of nitrogens with zero attached hydrogens (tertiary/aromatic N) is 4. The van der Waals surface area contributed by atoms with Crippen molar-refractivity contribution < 1.29 is 9.53 Å². The van der Waals surface area contributed by atoms with E-state index in [9.17, 15) is 4.79 Å². The molecule has 0 spiro atoms. The number of nitrogens with one attached hydrogen (secondary N) is 2. The SMILES string of the molecule is Cc1ccc(CNC(=O)c2cccc(C(C)Oc3ccnc(Nc4cnn(C5CCN(C)CC5)c4)c3)c2)cc1. The van der Waals surface area contributed by atoms with Crippen molar-refractivity contribution in [1.82, 2.24) is 25.0 Å². The number of aromatic nitrogens is 3. The van der Waals surface area contributed by atoms with E-state index in [1.807, 2.05) is 86.9 Å². The van der Waals surface area contributed by atoms with Crippen LogP contribution >= 0.6 is 0 Å². The number of anilines is 2. The number of benzene rings is 2. The minimum absolute atomic E-state index is 0.110. The highest BCUT2D eigenvalue weighted by Gasteiger charge is 2.19. The molecule has 8 heteroatoms. The summed E-state index contributed by atoms with van der Waals surface area (Å²) in [5, 5.41) is 10.9. The van der Waals surface area contributed by atoms with Crippen molar-refractivity contribution in [3.8, 4) is 5.75 Å². The summed E-state index contributed by atoms with van der Waals surface area (Å²) >= 11 is 0. The average molecular weight is 525 g/mol. The molecule has 1 aliphatic heterocycles. The molecule has 0 saturated carbocycles. The molecule has 1 saturated heterocycles. The summed E-state index contributed by atoms with van der Waals surface area (Å²) in [7, 11) is 2.16. The van der Waals surface area contributed by atoms with Crippen LogP contribution < -0.4 is 15.4 Å². The monoisotopic (exact) mass is 524 g/mol. The van der Waals surface area contributed by atoms with Gasteiger partial charge in [-0.2, -0.15) is 5.10 Å². The summed E-state index contributed by atoms with van der Waals surface area (Å²) < 4.78 is 8.28. The zero-order chi connectivity index (χ0) is 27.2. The van der Waals surface area contributed by atoms with Gasteiger partial charge < -0.3 is 20.3 Å². The highest BCUT2D eigenvalue weighted by Crippen LogP contribution is 2.27. The Hall–Kier alpha value is -4.17. The molecule has 0 radical (unpaired) electrons. The molecule has 8 nitrogen and oxygen atoms in total. The quantitative estimate of drug-likeness (QED) is 0.294. The van der Waals surface area contributed by atoms with E-state index >= 15 is 0 Å². The fourth-order valence-corrected chi connectivity index (χ4v) is 4.76. The van der Waals surface area contributed by atoms with Crippen LogP contribution in [0, 0.1) is 6.92 Å². The van der Waals surface area contributed by atoms with Gasteiger partial charge in [0.25, 0.3) is 5.91 Å². The third-order valence-electron chi connectivity index (χ3n) is 7.17. The number of hydrogen-bond donors (Lipinski definition) is 2. The van der Waals surface area contributed by atoms with Crippen LogP contribution in [0.2, 0.25) is 0 Å². The second-order valence-corrected chi connectivity index (χ2v) is 10.3. The number of hydrogen-bond acceptors (Lipinski definition) is 6. The van der Waals surface area contributed by atoms with Crippen molar-refractivity contribution in [3.63, 3.8) is 0 Å². The molecule has 1 fully saturated rings. The van der Waals surface area contributed by atoms with E-state index in [0.29, 0.717) is 29.7 Å². The molecule has 2 N–H and O–H groups in total. The van der Waals surface area contributed by atoms with Crippen LogP contribution in [0.3, 0.4) is 0 Å². The Bertz CT molecular complexity index is 1390. The second kappa shape index (κ2) is 12.1. The Morgan fingerprint density at radius 3 is 2.69 bits per heavy atom. The third kappa shape index (κ3) is 7.03. The summed E-state index contributed by atoms with van der Waals surface area (Å²) in [4.78, 5) is 19.6. The Labute approximate surface area is 230 Å². The molecule has 0 bridgehead atoms. The Balaban J connectivity index is 1.18. The van der Waals surface area contributed by atoms with Crippen molar-refractivity contribution in [2.24, 2.45) is 0 Å². The van der Waals surface area contributed by atoms with E-state index in [2.05, 4.69) is 37.3 Å². The zero-order valence-electron chi connectivity index (χ0n) is 22.8. The van der Waals surface area contributed by atoms with Crippen LogP contribution in [-0.4, -0.2) is 45.7 Å². The molecule has 4 aromatic rings. The van der Waals surface area contributed by atoms with E-state index in [1.165, 1.54) is 5.56 Å². The number of carbonyl (C=O) groups is 1. The van der Waals surface area contributed by atoms with Crippen molar-refractivity contribution >= 4 is 17.4 Å². The topological polar surface area (TPSA) is 84.3 Å². The molecule has 1 aliphatic rings. The molecule has 1 unspecified atom stereocenters. The highest BCUT2D eigenvalue weighted by atomic mass is 16.5. The molecule has 202 valence electrons. The number of aryl methyl sites for hydroxylation is 1. The van der Waals surface area contributed by atoms with Gasteiger partial charge in [-0.25, -0.2) is 4.98 Å². The maximum absolute atomic E-state index is 12.8. The summed E-state index contributed by atoms with van der Waals surface area (Å²) in [6, 6.07) is 19.9. The summed E-state index contributed by atoms with van der Waals surface area (Å²) in [5.74, 6) is 1.27. The first-order valence-electron chi connectivity index (χ1n) is 13.5. The smallest absolute Gasteiger partial charge is 0.251 e. The van der Waals surface area contributed by atoms with E-state index in [1.54, 1.807) is 6.20 Å². The zero-order valence-corrected chi connectivity index (χ0v) is 22.8. The minimum Gasteiger partial charge on any atom is -0.486 e. The number of likely N-dealkylation sites (tertiary alicyclic amines) is 1. The lowest BCUT2D eigenvalue weighted by atomic mass is 10.1. The van der Waals surface area contributed by atoms with Crippen LogP contribution in [0.15, 0.2) is 79.3 Å². The first-order valence-corrected chi connectivity index (χ1v) is 13.5. The molecule has 0 aliphatic carbocycles. The second-order valence-electron chi connectivity index (χ2n) is 10.3. The Morgan fingerprint density at radius 2 is 1.90 bits per heavy atom. The number of piperidine rings is 1. The summed E-state index contributed by atoms with van der Waals surface area (Å²) in [6.07, 6.45) is 7.56. The largest absolute Gasteiger partial charge is 0.486 e. The van der Waals surface area contributed by atoms with Crippen LogP contribution in [0.25, 0.3) is 0 Å². The van der Waals surface area contributed by atoms with Gasteiger partial charge in [0.1, 0.15) is 17.7 Å². The molecule has 2 aromatic heterocycles. The lowest BCUT2D eigenvalue weighted by Gasteiger charge is -2.28. The highest BCUT2D eigenvalue weighted by molar-refractivity contribution is 5.94. The molecule has 1 atom stereocenters. The van der Waals surface area contributed by atoms with Gasteiger partial charge in [-0.1, -0.05) is 42.0 Å². The van der Waals surface area contributed by atoms with Crippen molar-refractivity contribution in [1.29, 1.82) is 0 Å². The third-order valence-corrected chi connectivity index (χ3v) is 7.17. The number of carbonyl (C=O) groups excluding carboxylic acids is 1. The van der Waals surface area contributed by atoms with Crippen LogP contribution in [0.5, 0.6) is 5.75 Å². The number of amides is 1. The normalized spacial score (nSPS) is 15.1. The fourth-order valence-electron chi connectivity index (χ4n) is 4.76. The predicted octanol–water partition coefficient (Wildman–Crippen LogP) is 5.67. The lowest BCUT2D eigenvalue weighted by Crippen LogP contribution is -2.31. The van der Waals surface area contributed by atoms with Crippen molar-refractivity contribution in [2.45, 2.75) is 45.4 Å². The molecular weight excluding hydrogens is 488 g/mol. The standard InChI is InChI=1S/C31H36N6O2/c1-22-7-9-24(10-8-22)19-33-31(38)26-6-4-5-25(17-26)23(2)39-29-11-14-32-30(18-29)35-27-20-34-37(21-27)28-12-15-36(3)16-13-28/h4-11,14,17-18,20-21,23,28H,12-13,15-16,19H2,1-3H3,(H,32,35)(H,33,38). The van der Waals surface area contributed by atoms with E-state index in [4.69, 9.17) is 4.74 Å². The van der Waals surface area contributed by atoms with Gasteiger partial charge in [-0.3, -0.25) is 9.48 Å². The van der Waals surface area contributed by atoms with Gasteiger partial charge in [0.05, 0.1) is 17.9 Å². The van der Waals surface area contributed by atoms with Gasteiger partial charge >= 0.3 is 0 Å². The molecule has 5 rings (SSSR count). The summed E-state index contributed by atoms with van der Waals surface area (Å²) in [6.45, 7) is 6.69. The Kier molecular flexibility index (Phi) is 8.22. The molecule has 3 heterocycles. The van der Waals surface area contributed by atoms with E-state index in [0.717, 1.165) is 42.7 Å². The van der Waals surface area contributed by atoms with Crippen molar-refractivity contribution in [2.75, 3.05) is 25.5 Å². The minimum atomic E-state index is -0.253. The molecule has 1 amide bonds. The maximum atomic E-state index is 12.8. The van der Waals surface area contributed by atoms with Crippen molar-refractivity contribution in [3.05, 3.63) is 102 Å². The van der Waals surface area contributed by atoms with E-state index in [-0.39, 0.29) is 12.0 Å². The maximum Gasteiger partial charge on any atom is 0.251 e. The molecular formula is C31H36N6O2. The van der Waals surface area contributed by atoms with Gasteiger partial charge in [-0.05, 0) is 76.2 Å². The summed E-state index contributed by atoms with van der Waals surface area (Å²) in [5.41, 5.74) is 4.69. The van der Waals surface area contributed by atoms with Gasteiger partial charge in [0.15, 0.2) is 0 Å². The van der Waals surface area contributed by atoms with E-state index < -0.39 is 0 Å². The van der Waals surface area contributed by atoms with Crippen LogP contribution in [0.1, 0.15) is 59.0 Å². The molecule has 2 aromatic carbocycles.